The molecule has 1 aliphatic heterocycles. The summed E-state index contributed by atoms with van der Waals surface area (Å²) in [5.74, 6) is -0.816. The average molecular weight is 405 g/mol. The van der Waals surface area contributed by atoms with Crippen LogP contribution in [-0.4, -0.2) is 29.2 Å². The predicted octanol–water partition coefficient (Wildman–Crippen LogP) is 4.21. The lowest BCUT2D eigenvalue weighted by molar-refractivity contribution is -0.130. The number of nitrogens with zero attached hydrogens (tertiary/aromatic N) is 1. The van der Waals surface area contributed by atoms with Crippen LogP contribution in [0, 0.1) is 0 Å². The number of amides is 3. The zero-order valence-electron chi connectivity index (χ0n) is 14.9. The van der Waals surface area contributed by atoms with Crippen molar-refractivity contribution in [3.8, 4) is 0 Å². The standard InChI is InChI=1S/C20H18Cl2N2O3/c1-3-12-4-6-13(7-5-12)17(25)11-24-18(26)20(2,23-19(24)27)14-8-9-15(21)16(22)10-14/h4-10H,3,11H2,1-2H3,(H,23,27). The van der Waals surface area contributed by atoms with Gasteiger partial charge < -0.3 is 5.32 Å². The van der Waals surface area contributed by atoms with E-state index in [0.29, 0.717) is 16.1 Å². The number of carbonyl (C=O) groups is 3. The molecule has 3 rings (SSSR count). The summed E-state index contributed by atoms with van der Waals surface area (Å²) in [5, 5.41) is 3.28. The van der Waals surface area contributed by atoms with E-state index in [1.54, 1.807) is 31.2 Å². The number of urea groups is 1. The maximum absolute atomic E-state index is 12.9. The normalized spacial score (nSPS) is 19.3. The summed E-state index contributed by atoms with van der Waals surface area (Å²) in [4.78, 5) is 38.7. The highest BCUT2D eigenvalue weighted by molar-refractivity contribution is 6.42. The zero-order chi connectivity index (χ0) is 19.8. The van der Waals surface area contributed by atoms with Crippen LogP contribution in [0.5, 0.6) is 0 Å². The number of ketones is 1. The highest BCUT2D eigenvalue weighted by atomic mass is 35.5. The first-order valence-corrected chi connectivity index (χ1v) is 9.23. The number of hydrogen-bond donors (Lipinski definition) is 1. The van der Waals surface area contributed by atoms with Gasteiger partial charge in [-0.1, -0.05) is 60.5 Å². The minimum absolute atomic E-state index is 0.281. The maximum Gasteiger partial charge on any atom is 0.325 e. The molecule has 7 heteroatoms. The number of benzene rings is 2. The first-order chi connectivity index (χ1) is 12.8. The fourth-order valence-corrected chi connectivity index (χ4v) is 3.30. The number of nitrogens with one attached hydrogen (secondary N) is 1. The van der Waals surface area contributed by atoms with Gasteiger partial charge in [-0.15, -0.1) is 0 Å². The molecule has 3 amide bonds. The molecule has 0 spiro atoms. The van der Waals surface area contributed by atoms with Crippen molar-refractivity contribution >= 4 is 40.9 Å². The molecular formula is C20H18Cl2N2O3. The van der Waals surface area contributed by atoms with E-state index in [0.717, 1.165) is 16.9 Å². The highest BCUT2D eigenvalue weighted by Gasteiger charge is 2.49. The minimum atomic E-state index is -1.31. The van der Waals surface area contributed by atoms with Gasteiger partial charge >= 0.3 is 6.03 Å². The molecule has 2 aromatic carbocycles. The maximum atomic E-state index is 12.9. The number of rotatable bonds is 5. The lowest BCUT2D eigenvalue weighted by atomic mass is 9.92. The highest BCUT2D eigenvalue weighted by Crippen LogP contribution is 2.33. The lowest BCUT2D eigenvalue weighted by Crippen LogP contribution is -2.41. The minimum Gasteiger partial charge on any atom is -0.319 e. The van der Waals surface area contributed by atoms with Crippen LogP contribution in [-0.2, 0) is 16.8 Å². The van der Waals surface area contributed by atoms with Gasteiger partial charge in [0.1, 0.15) is 5.54 Å². The van der Waals surface area contributed by atoms with E-state index in [4.69, 9.17) is 23.2 Å². The van der Waals surface area contributed by atoms with Crippen molar-refractivity contribution in [2.75, 3.05) is 6.54 Å². The van der Waals surface area contributed by atoms with Gasteiger partial charge in [-0.2, -0.15) is 0 Å². The van der Waals surface area contributed by atoms with Gasteiger partial charge in [-0.05, 0) is 36.6 Å². The number of carbonyl (C=O) groups excluding carboxylic acids is 3. The molecule has 1 N–H and O–H groups in total. The molecule has 0 aliphatic carbocycles. The quantitative estimate of drug-likeness (QED) is 0.599. The Hall–Kier alpha value is -2.37. The van der Waals surface area contributed by atoms with Crippen LogP contribution in [0.1, 0.15) is 35.3 Å². The molecule has 1 heterocycles. The summed E-state index contributed by atoms with van der Waals surface area (Å²) >= 11 is 12.0. The second-order valence-electron chi connectivity index (χ2n) is 6.55. The summed E-state index contributed by atoms with van der Waals surface area (Å²) in [6.07, 6.45) is 0.865. The second kappa shape index (κ2) is 7.33. The van der Waals surface area contributed by atoms with Crippen molar-refractivity contribution in [2.24, 2.45) is 0 Å². The van der Waals surface area contributed by atoms with Crippen molar-refractivity contribution in [1.82, 2.24) is 10.2 Å². The molecule has 0 saturated carbocycles. The number of halogens is 2. The summed E-state index contributed by atoms with van der Waals surface area (Å²) in [7, 11) is 0. The van der Waals surface area contributed by atoms with E-state index in [2.05, 4.69) is 5.32 Å². The molecule has 1 unspecified atom stereocenters. The van der Waals surface area contributed by atoms with E-state index in [9.17, 15) is 14.4 Å². The van der Waals surface area contributed by atoms with Crippen LogP contribution in [0.2, 0.25) is 10.0 Å². The van der Waals surface area contributed by atoms with E-state index in [1.165, 1.54) is 6.07 Å². The van der Waals surface area contributed by atoms with E-state index in [1.807, 2.05) is 19.1 Å². The second-order valence-corrected chi connectivity index (χ2v) is 7.36. The fraction of sp³-hybridized carbons (Fsp3) is 0.250. The van der Waals surface area contributed by atoms with Crippen molar-refractivity contribution in [3.63, 3.8) is 0 Å². The SMILES string of the molecule is CCc1ccc(C(=O)CN2C(=O)NC(C)(c3ccc(Cl)c(Cl)c3)C2=O)cc1. The van der Waals surface area contributed by atoms with E-state index in [-0.39, 0.29) is 17.4 Å². The van der Waals surface area contributed by atoms with Crippen LogP contribution in [0.15, 0.2) is 42.5 Å². The third-order valence-corrected chi connectivity index (χ3v) is 5.50. The van der Waals surface area contributed by atoms with Gasteiger partial charge in [-0.25, -0.2) is 4.79 Å². The van der Waals surface area contributed by atoms with Crippen LogP contribution in [0.4, 0.5) is 4.79 Å². The predicted molar refractivity (Wildman–Crippen MR) is 104 cm³/mol. The molecule has 1 saturated heterocycles. The first kappa shape index (κ1) is 19.4. The number of Topliss-reactive ketones (excluding diaryl/α,β-unsaturated/α-hetero) is 1. The molecule has 140 valence electrons. The summed E-state index contributed by atoms with van der Waals surface area (Å²) in [6.45, 7) is 3.27. The Morgan fingerprint density at radius 2 is 1.74 bits per heavy atom. The molecule has 27 heavy (non-hydrogen) atoms. The molecular weight excluding hydrogens is 387 g/mol. The molecule has 0 radical (unpaired) electrons. The van der Waals surface area contributed by atoms with Crippen LogP contribution in [0.25, 0.3) is 0 Å². The van der Waals surface area contributed by atoms with Crippen LogP contribution < -0.4 is 5.32 Å². The van der Waals surface area contributed by atoms with Gasteiger partial charge in [0.2, 0.25) is 0 Å². The van der Waals surface area contributed by atoms with Gasteiger partial charge in [-0.3, -0.25) is 14.5 Å². The van der Waals surface area contributed by atoms with Crippen molar-refractivity contribution < 1.29 is 14.4 Å². The Morgan fingerprint density at radius 1 is 1.07 bits per heavy atom. The number of aryl methyl sites for hydroxylation is 1. The van der Waals surface area contributed by atoms with E-state index < -0.39 is 17.5 Å². The zero-order valence-corrected chi connectivity index (χ0v) is 16.4. The molecule has 1 aliphatic rings. The third kappa shape index (κ3) is 3.57. The van der Waals surface area contributed by atoms with Crippen molar-refractivity contribution in [3.05, 3.63) is 69.2 Å². The summed E-state index contributed by atoms with van der Waals surface area (Å²) in [6, 6.07) is 11.2. The number of hydrogen-bond acceptors (Lipinski definition) is 3. The molecule has 0 aromatic heterocycles. The van der Waals surface area contributed by atoms with Crippen molar-refractivity contribution in [1.29, 1.82) is 0 Å². The smallest absolute Gasteiger partial charge is 0.319 e. The Balaban J connectivity index is 1.82. The largest absolute Gasteiger partial charge is 0.325 e. The van der Waals surface area contributed by atoms with Gasteiger partial charge in [0.25, 0.3) is 5.91 Å². The van der Waals surface area contributed by atoms with Gasteiger partial charge in [0, 0.05) is 5.56 Å². The molecule has 1 fully saturated rings. The average Bonchev–Trinajstić information content (AvgIpc) is 2.88. The topological polar surface area (TPSA) is 66.5 Å². The summed E-state index contributed by atoms with van der Waals surface area (Å²) in [5.41, 5.74) is 0.750. The van der Waals surface area contributed by atoms with Crippen LogP contribution in [0.3, 0.4) is 0 Å². The molecule has 2 aromatic rings. The Morgan fingerprint density at radius 3 is 2.33 bits per heavy atom. The Bertz CT molecular complexity index is 927. The summed E-state index contributed by atoms with van der Waals surface area (Å²) < 4.78 is 0. The van der Waals surface area contributed by atoms with Gasteiger partial charge in [0.05, 0.1) is 16.6 Å². The molecule has 1 atom stereocenters. The van der Waals surface area contributed by atoms with Gasteiger partial charge in [0.15, 0.2) is 5.78 Å². The first-order valence-electron chi connectivity index (χ1n) is 8.48. The van der Waals surface area contributed by atoms with E-state index >= 15 is 0 Å². The Kier molecular flexibility index (Phi) is 5.27. The molecule has 0 bridgehead atoms. The molecule has 5 nitrogen and oxygen atoms in total. The van der Waals surface area contributed by atoms with Crippen molar-refractivity contribution in [2.45, 2.75) is 25.8 Å². The third-order valence-electron chi connectivity index (χ3n) is 4.76. The fourth-order valence-electron chi connectivity index (χ4n) is 3.00. The Labute approximate surface area is 167 Å². The van der Waals surface area contributed by atoms with Crippen LogP contribution >= 0.6 is 23.2 Å². The lowest BCUT2D eigenvalue weighted by Gasteiger charge is -2.22. The monoisotopic (exact) mass is 404 g/mol. The number of imide groups is 1.